The Kier molecular flexibility index (Phi) is 3.39. The Bertz CT molecular complexity index is 246. The number of hydrogen-bond donors (Lipinski definition) is 2. The van der Waals surface area contributed by atoms with Crippen molar-refractivity contribution in [1.82, 2.24) is 4.98 Å². The van der Waals surface area contributed by atoms with Gasteiger partial charge in [0.1, 0.15) is 12.1 Å². The highest BCUT2D eigenvalue weighted by Gasteiger charge is 2.18. The van der Waals surface area contributed by atoms with Gasteiger partial charge >= 0.3 is 0 Å². The van der Waals surface area contributed by atoms with Crippen molar-refractivity contribution in [2.75, 3.05) is 6.61 Å². The van der Waals surface area contributed by atoms with Crippen LogP contribution in [0.15, 0.2) is 24.5 Å². The molecule has 0 saturated heterocycles. The van der Waals surface area contributed by atoms with Gasteiger partial charge in [0, 0.05) is 18.0 Å². The van der Waals surface area contributed by atoms with Gasteiger partial charge in [-0.3, -0.25) is 4.98 Å². The van der Waals surface area contributed by atoms with Gasteiger partial charge in [-0.2, -0.15) is 0 Å². The summed E-state index contributed by atoms with van der Waals surface area (Å²) in [6.45, 7) is 5.08. The molecule has 0 bridgehead atoms. The highest BCUT2D eigenvalue weighted by molar-refractivity contribution is 5.06. The molecule has 0 aliphatic carbocycles. The van der Waals surface area contributed by atoms with E-state index in [-0.39, 0.29) is 12.1 Å². The van der Waals surface area contributed by atoms with E-state index >= 15 is 0 Å². The maximum Gasteiger partial charge on any atom is 0.114 e. The first-order valence-corrected chi connectivity index (χ1v) is 4.48. The van der Waals surface area contributed by atoms with Crippen LogP contribution in [0.1, 0.15) is 19.4 Å². The Morgan fingerprint density at radius 1 is 1.54 bits per heavy atom. The van der Waals surface area contributed by atoms with Crippen molar-refractivity contribution in [2.45, 2.75) is 25.9 Å². The minimum atomic E-state index is -0.101. The molecule has 0 unspecified atom stereocenters. The monoisotopic (exact) mass is 181 g/mol. The van der Waals surface area contributed by atoms with E-state index in [9.17, 15) is 0 Å². The summed E-state index contributed by atoms with van der Waals surface area (Å²) in [5.41, 5.74) is 1.08. The van der Waals surface area contributed by atoms with Gasteiger partial charge < -0.3 is 10.4 Å². The molecule has 3 N–H and O–H groups in total. The van der Waals surface area contributed by atoms with Crippen molar-refractivity contribution in [1.29, 1.82) is 0 Å². The Labute approximate surface area is 78.8 Å². The Balaban J connectivity index is 2.44. The van der Waals surface area contributed by atoms with Crippen LogP contribution >= 0.6 is 0 Å². The van der Waals surface area contributed by atoms with E-state index in [0.717, 1.165) is 6.54 Å². The number of nitrogens with two attached hydrogens (primary N) is 1. The molecule has 0 atom stereocenters. The normalized spacial score (nSPS) is 11.6. The second kappa shape index (κ2) is 4.35. The topological polar surface area (TPSA) is 49.7 Å². The van der Waals surface area contributed by atoms with Gasteiger partial charge in [-0.05, 0) is 19.9 Å². The molecule has 0 aliphatic heterocycles. The van der Waals surface area contributed by atoms with Crippen molar-refractivity contribution in [3.8, 4) is 0 Å². The quantitative estimate of drug-likeness (QED) is 0.682. The predicted molar refractivity (Wildman–Crippen MR) is 51.0 cm³/mol. The van der Waals surface area contributed by atoms with Gasteiger partial charge in [0.25, 0.3) is 0 Å². The third-order valence-electron chi connectivity index (χ3n) is 2.02. The van der Waals surface area contributed by atoms with Gasteiger partial charge in [0.15, 0.2) is 0 Å². The standard InChI is InChI=1S/C10H16N2O/c1-10(2,8-13)12-7-9-4-3-5-11-6-9/h3-6,12-13H,7-8H2,1-2H3/p+1. The maximum absolute atomic E-state index is 9.03. The summed E-state index contributed by atoms with van der Waals surface area (Å²) in [6, 6.07) is 3.96. The van der Waals surface area contributed by atoms with Crippen LogP contribution in [0, 0.1) is 0 Å². The lowest BCUT2D eigenvalue weighted by Gasteiger charge is -2.19. The third kappa shape index (κ3) is 3.53. The Morgan fingerprint density at radius 2 is 2.31 bits per heavy atom. The largest absolute Gasteiger partial charge is 0.390 e. The first-order valence-electron chi connectivity index (χ1n) is 4.48. The average Bonchev–Trinajstić information content (AvgIpc) is 2.17. The van der Waals surface area contributed by atoms with Crippen LogP contribution in [-0.4, -0.2) is 22.2 Å². The van der Waals surface area contributed by atoms with E-state index < -0.39 is 0 Å². The lowest BCUT2D eigenvalue weighted by molar-refractivity contribution is -0.736. The number of rotatable bonds is 4. The Morgan fingerprint density at radius 3 is 2.85 bits per heavy atom. The zero-order chi connectivity index (χ0) is 9.73. The van der Waals surface area contributed by atoms with Crippen molar-refractivity contribution in [3.05, 3.63) is 30.1 Å². The molecular formula is C10H17N2O+. The number of aliphatic hydroxyl groups is 1. The summed E-state index contributed by atoms with van der Waals surface area (Å²) in [5, 5.41) is 11.1. The minimum absolute atomic E-state index is 0.101. The van der Waals surface area contributed by atoms with Crippen LogP contribution < -0.4 is 5.32 Å². The first-order chi connectivity index (χ1) is 6.14. The highest BCUT2D eigenvalue weighted by atomic mass is 16.3. The lowest BCUT2D eigenvalue weighted by Crippen LogP contribution is -2.95. The summed E-state index contributed by atoms with van der Waals surface area (Å²) in [4.78, 5) is 4.03. The molecule has 0 amide bonds. The summed E-state index contributed by atoms with van der Waals surface area (Å²) < 4.78 is 0. The molecule has 3 nitrogen and oxygen atoms in total. The van der Waals surface area contributed by atoms with Crippen LogP contribution in [0.2, 0.25) is 0 Å². The van der Waals surface area contributed by atoms with Crippen LogP contribution in [-0.2, 0) is 6.54 Å². The van der Waals surface area contributed by atoms with Crippen LogP contribution in [0.5, 0.6) is 0 Å². The SMILES string of the molecule is CC(C)(CO)[NH2+]Cc1cccnc1. The zero-order valence-corrected chi connectivity index (χ0v) is 8.20. The lowest BCUT2D eigenvalue weighted by atomic mass is 10.1. The van der Waals surface area contributed by atoms with Crippen molar-refractivity contribution in [2.24, 2.45) is 0 Å². The van der Waals surface area contributed by atoms with E-state index in [2.05, 4.69) is 10.3 Å². The second-order valence-electron chi connectivity index (χ2n) is 3.92. The summed E-state index contributed by atoms with van der Waals surface area (Å²) >= 11 is 0. The minimum Gasteiger partial charge on any atom is -0.390 e. The molecule has 1 rings (SSSR count). The van der Waals surface area contributed by atoms with E-state index in [4.69, 9.17) is 5.11 Å². The van der Waals surface area contributed by atoms with Crippen LogP contribution in [0.4, 0.5) is 0 Å². The molecule has 0 aliphatic rings. The van der Waals surface area contributed by atoms with E-state index in [1.54, 1.807) is 6.20 Å². The third-order valence-corrected chi connectivity index (χ3v) is 2.02. The number of aromatic nitrogens is 1. The van der Waals surface area contributed by atoms with Gasteiger partial charge in [0.2, 0.25) is 0 Å². The number of pyridine rings is 1. The number of hydrogen-bond acceptors (Lipinski definition) is 2. The van der Waals surface area contributed by atoms with E-state index in [1.807, 2.05) is 32.2 Å². The predicted octanol–water partition coefficient (Wildman–Crippen LogP) is -0.0841. The van der Waals surface area contributed by atoms with Crippen LogP contribution in [0.3, 0.4) is 0 Å². The fraction of sp³-hybridized carbons (Fsp3) is 0.500. The van der Waals surface area contributed by atoms with Crippen molar-refractivity contribution in [3.63, 3.8) is 0 Å². The summed E-state index contributed by atoms with van der Waals surface area (Å²) in [7, 11) is 0. The fourth-order valence-corrected chi connectivity index (χ4v) is 0.978. The molecule has 1 heterocycles. The average molecular weight is 181 g/mol. The number of nitrogens with zero attached hydrogens (tertiary/aromatic N) is 1. The highest BCUT2D eigenvalue weighted by Crippen LogP contribution is 1.95. The molecular weight excluding hydrogens is 164 g/mol. The first kappa shape index (κ1) is 10.2. The van der Waals surface area contributed by atoms with Gasteiger partial charge in [0.05, 0.1) is 6.61 Å². The molecule has 0 spiro atoms. The van der Waals surface area contributed by atoms with E-state index in [0.29, 0.717) is 0 Å². The molecule has 0 aromatic carbocycles. The number of aliphatic hydroxyl groups excluding tert-OH is 1. The molecule has 1 aromatic heterocycles. The van der Waals surface area contributed by atoms with E-state index in [1.165, 1.54) is 5.56 Å². The smallest absolute Gasteiger partial charge is 0.114 e. The summed E-state index contributed by atoms with van der Waals surface area (Å²) in [5.74, 6) is 0. The molecule has 13 heavy (non-hydrogen) atoms. The molecule has 72 valence electrons. The van der Waals surface area contributed by atoms with Gasteiger partial charge in [-0.15, -0.1) is 0 Å². The molecule has 3 heteroatoms. The number of quaternary nitrogens is 1. The fourth-order valence-electron chi connectivity index (χ4n) is 0.978. The van der Waals surface area contributed by atoms with Gasteiger partial charge in [-0.1, -0.05) is 6.07 Å². The molecule has 0 fully saturated rings. The second-order valence-corrected chi connectivity index (χ2v) is 3.92. The molecule has 0 saturated carbocycles. The zero-order valence-electron chi connectivity index (χ0n) is 8.20. The van der Waals surface area contributed by atoms with Crippen molar-refractivity contribution >= 4 is 0 Å². The van der Waals surface area contributed by atoms with Crippen LogP contribution in [0.25, 0.3) is 0 Å². The summed E-state index contributed by atoms with van der Waals surface area (Å²) in [6.07, 6.45) is 3.62. The van der Waals surface area contributed by atoms with Crippen molar-refractivity contribution < 1.29 is 10.4 Å². The molecule has 1 aromatic rings. The van der Waals surface area contributed by atoms with Gasteiger partial charge in [-0.25, -0.2) is 0 Å². The molecule has 0 radical (unpaired) electrons. The maximum atomic E-state index is 9.03. The Hall–Kier alpha value is -0.930.